The lowest BCUT2D eigenvalue weighted by Gasteiger charge is -2.35. The Balaban J connectivity index is 1.70. The van der Waals surface area contributed by atoms with Crippen molar-refractivity contribution in [3.63, 3.8) is 0 Å². The van der Waals surface area contributed by atoms with Crippen molar-refractivity contribution in [2.24, 2.45) is 5.92 Å². The molecule has 0 radical (unpaired) electrons. The molecule has 1 aliphatic carbocycles. The highest BCUT2D eigenvalue weighted by Gasteiger charge is 2.36. The summed E-state index contributed by atoms with van der Waals surface area (Å²) in [6.45, 7) is 5.56. The number of nitrogens with zero attached hydrogens (tertiary/aromatic N) is 1. The van der Waals surface area contributed by atoms with E-state index in [4.69, 9.17) is 4.74 Å². The molecule has 2 aliphatic rings. The van der Waals surface area contributed by atoms with E-state index in [1.165, 1.54) is 6.42 Å². The van der Waals surface area contributed by atoms with Crippen molar-refractivity contribution in [3.05, 3.63) is 35.9 Å². The van der Waals surface area contributed by atoms with E-state index in [-0.39, 0.29) is 11.9 Å². The number of amides is 2. The standard InChI is InChI=1S/C25H39N3O4/c1-2-9-22(23(29)26-21-12-7-4-8-13-21)24(30)27-25(31,20-10-5-3-6-11-20)14-15-28-16-18-32-19-17-28/h3,5-6,10-11,21-22,31H,2,4,7-9,12-19H2,1H3,(H,26,29)(H,27,30). The minimum Gasteiger partial charge on any atom is -0.379 e. The summed E-state index contributed by atoms with van der Waals surface area (Å²) in [5.74, 6) is -1.44. The van der Waals surface area contributed by atoms with Crippen LogP contribution in [-0.2, 0) is 20.1 Å². The molecule has 32 heavy (non-hydrogen) atoms. The largest absolute Gasteiger partial charge is 0.379 e. The van der Waals surface area contributed by atoms with Gasteiger partial charge >= 0.3 is 0 Å². The second-order valence-electron chi connectivity index (χ2n) is 9.10. The molecule has 0 bridgehead atoms. The summed E-state index contributed by atoms with van der Waals surface area (Å²) in [7, 11) is 0. The van der Waals surface area contributed by atoms with Crippen LogP contribution in [0.15, 0.2) is 30.3 Å². The van der Waals surface area contributed by atoms with Crippen LogP contribution in [0.1, 0.15) is 63.9 Å². The van der Waals surface area contributed by atoms with Crippen LogP contribution >= 0.6 is 0 Å². The summed E-state index contributed by atoms with van der Waals surface area (Å²) < 4.78 is 5.41. The summed E-state index contributed by atoms with van der Waals surface area (Å²) in [6.07, 6.45) is 6.89. The minimum absolute atomic E-state index is 0.151. The van der Waals surface area contributed by atoms with Crippen LogP contribution in [0.25, 0.3) is 0 Å². The van der Waals surface area contributed by atoms with Crippen molar-refractivity contribution in [1.29, 1.82) is 0 Å². The Kier molecular flexibility index (Phi) is 9.51. The van der Waals surface area contributed by atoms with Crippen molar-refractivity contribution in [3.8, 4) is 0 Å². The van der Waals surface area contributed by atoms with Crippen LogP contribution in [0.3, 0.4) is 0 Å². The lowest BCUT2D eigenvalue weighted by molar-refractivity contribution is -0.141. The molecule has 0 aromatic heterocycles. The van der Waals surface area contributed by atoms with Gasteiger partial charge in [0.15, 0.2) is 5.72 Å². The number of carbonyl (C=O) groups excluding carboxylic acids is 2. The summed E-state index contributed by atoms with van der Waals surface area (Å²) in [5, 5.41) is 17.5. The van der Waals surface area contributed by atoms with Gasteiger partial charge in [0.2, 0.25) is 11.8 Å². The van der Waals surface area contributed by atoms with Gasteiger partial charge in [0, 0.05) is 37.7 Å². The molecule has 2 fully saturated rings. The SMILES string of the molecule is CCCC(C(=O)NC1CCCCC1)C(=O)NC(O)(CCN1CCOCC1)c1ccccc1. The van der Waals surface area contributed by atoms with Crippen molar-refractivity contribution in [2.45, 2.75) is 70.1 Å². The summed E-state index contributed by atoms with van der Waals surface area (Å²) in [6, 6.07) is 9.36. The van der Waals surface area contributed by atoms with Gasteiger partial charge < -0.3 is 20.5 Å². The number of benzene rings is 1. The van der Waals surface area contributed by atoms with Crippen molar-refractivity contribution in [1.82, 2.24) is 15.5 Å². The van der Waals surface area contributed by atoms with Crippen LogP contribution < -0.4 is 10.6 Å². The second-order valence-corrected chi connectivity index (χ2v) is 9.10. The average Bonchev–Trinajstić information content (AvgIpc) is 2.83. The molecule has 1 aliphatic heterocycles. The number of aliphatic hydroxyl groups is 1. The van der Waals surface area contributed by atoms with Gasteiger partial charge in [-0.05, 0) is 19.3 Å². The molecule has 3 N–H and O–H groups in total. The highest BCUT2D eigenvalue weighted by atomic mass is 16.5. The smallest absolute Gasteiger partial charge is 0.235 e. The van der Waals surface area contributed by atoms with E-state index in [0.717, 1.165) is 38.8 Å². The Bertz CT molecular complexity index is 717. The highest BCUT2D eigenvalue weighted by Crippen LogP contribution is 2.25. The average molecular weight is 446 g/mol. The van der Waals surface area contributed by atoms with Gasteiger partial charge in [-0.15, -0.1) is 0 Å². The van der Waals surface area contributed by atoms with Gasteiger partial charge in [0.25, 0.3) is 0 Å². The van der Waals surface area contributed by atoms with Gasteiger partial charge in [-0.25, -0.2) is 0 Å². The molecule has 7 heteroatoms. The maximum absolute atomic E-state index is 13.3. The predicted octanol–water partition coefficient (Wildman–Crippen LogP) is 2.54. The van der Waals surface area contributed by atoms with Crippen LogP contribution in [-0.4, -0.2) is 60.7 Å². The molecule has 1 heterocycles. The van der Waals surface area contributed by atoms with E-state index in [1.54, 1.807) is 0 Å². The third-order valence-electron chi connectivity index (χ3n) is 6.64. The Hall–Kier alpha value is -1.96. The highest BCUT2D eigenvalue weighted by molar-refractivity contribution is 6.00. The molecular formula is C25H39N3O4. The topological polar surface area (TPSA) is 90.9 Å². The Morgan fingerprint density at radius 3 is 2.47 bits per heavy atom. The molecular weight excluding hydrogens is 406 g/mol. The molecule has 1 saturated carbocycles. The molecule has 0 spiro atoms. The zero-order chi connectivity index (χ0) is 22.8. The first-order chi connectivity index (χ1) is 15.5. The molecule has 1 aromatic rings. The zero-order valence-electron chi connectivity index (χ0n) is 19.4. The van der Waals surface area contributed by atoms with Gasteiger partial charge in [0.05, 0.1) is 13.2 Å². The van der Waals surface area contributed by atoms with Gasteiger partial charge in [-0.2, -0.15) is 0 Å². The lowest BCUT2D eigenvalue weighted by atomic mass is 9.93. The summed E-state index contributed by atoms with van der Waals surface area (Å²) >= 11 is 0. The number of carbonyl (C=O) groups is 2. The predicted molar refractivity (Wildman–Crippen MR) is 124 cm³/mol. The molecule has 1 aromatic carbocycles. The fraction of sp³-hybridized carbons (Fsp3) is 0.680. The zero-order valence-corrected chi connectivity index (χ0v) is 19.4. The lowest BCUT2D eigenvalue weighted by Crippen LogP contribution is -2.53. The monoisotopic (exact) mass is 445 g/mol. The first-order valence-corrected chi connectivity index (χ1v) is 12.2. The number of morpholine rings is 1. The Morgan fingerprint density at radius 2 is 1.81 bits per heavy atom. The molecule has 2 amide bonds. The van der Waals surface area contributed by atoms with E-state index in [2.05, 4.69) is 15.5 Å². The van der Waals surface area contributed by atoms with Gasteiger partial charge in [0.1, 0.15) is 5.92 Å². The minimum atomic E-state index is -1.53. The van der Waals surface area contributed by atoms with Crippen LogP contribution in [0, 0.1) is 5.92 Å². The van der Waals surface area contributed by atoms with E-state index in [9.17, 15) is 14.7 Å². The van der Waals surface area contributed by atoms with Crippen LogP contribution in [0.2, 0.25) is 0 Å². The van der Waals surface area contributed by atoms with E-state index in [1.807, 2.05) is 37.3 Å². The van der Waals surface area contributed by atoms with Crippen LogP contribution in [0.4, 0.5) is 0 Å². The third-order valence-corrected chi connectivity index (χ3v) is 6.64. The normalized spacial score (nSPS) is 20.8. The fourth-order valence-electron chi connectivity index (χ4n) is 4.65. The maximum atomic E-state index is 13.3. The number of nitrogens with one attached hydrogen (secondary N) is 2. The molecule has 1 saturated heterocycles. The molecule has 2 unspecified atom stereocenters. The molecule has 7 nitrogen and oxygen atoms in total. The fourth-order valence-corrected chi connectivity index (χ4v) is 4.65. The van der Waals surface area contributed by atoms with Crippen molar-refractivity contribution in [2.75, 3.05) is 32.8 Å². The molecule has 2 atom stereocenters. The first kappa shape index (κ1) is 24.7. The second kappa shape index (κ2) is 12.3. The summed E-state index contributed by atoms with van der Waals surface area (Å²) in [4.78, 5) is 28.5. The molecule has 178 valence electrons. The van der Waals surface area contributed by atoms with Crippen LogP contribution in [0.5, 0.6) is 0 Å². The Morgan fingerprint density at radius 1 is 1.12 bits per heavy atom. The van der Waals surface area contributed by atoms with Gasteiger partial charge in [-0.1, -0.05) is 62.9 Å². The van der Waals surface area contributed by atoms with Crippen molar-refractivity contribution >= 4 is 11.8 Å². The van der Waals surface area contributed by atoms with Gasteiger partial charge in [-0.3, -0.25) is 14.5 Å². The number of ether oxygens (including phenoxy) is 1. The number of hydrogen-bond acceptors (Lipinski definition) is 5. The summed E-state index contributed by atoms with van der Waals surface area (Å²) in [5.41, 5.74) is -0.905. The maximum Gasteiger partial charge on any atom is 0.235 e. The van der Waals surface area contributed by atoms with E-state index in [0.29, 0.717) is 44.6 Å². The van der Waals surface area contributed by atoms with E-state index >= 15 is 0 Å². The quantitative estimate of drug-likeness (QED) is 0.380. The number of rotatable bonds is 10. The number of hydrogen-bond donors (Lipinski definition) is 3. The molecule has 3 rings (SSSR count). The van der Waals surface area contributed by atoms with Crippen molar-refractivity contribution < 1.29 is 19.4 Å². The van der Waals surface area contributed by atoms with E-state index < -0.39 is 17.6 Å². The first-order valence-electron chi connectivity index (χ1n) is 12.2. The third kappa shape index (κ3) is 7.02. The Labute approximate surface area is 191 Å².